The van der Waals surface area contributed by atoms with Crippen molar-refractivity contribution in [2.75, 3.05) is 0 Å². The lowest BCUT2D eigenvalue weighted by Crippen LogP contribution is -2.53. The van der Waals surface area contributed by atoms with Crippen molar-refractivity contribution in [3.8, 4) is 0 Å². The number of nitrogens with zero attached hydrogens (tertiary/aromatic N) is 2. The zero-order valence-electron chi connectivity index (χ0n) is 14.8. The molecule has 3 aliphatic rings. The van der Waals surface area contributed by atoms with E-state index in [2.05, 4.69) is 23.4 Å². The van der Waals surface area contributed by atoms with E-state index >= 15 is 0 Å². The minimum Gasteiger partial charge on any atom is -0.345 e. The van der Waals surface area contributed by atoms with Crippen LogP contribution in [0.5, 0.6) is 0 Å². The third kappa shape index (κ3) is 2.42. The molecule has 4 nitrogen and oxygen atoms in total. The maximum atomic E-state index is 12.8. The summed E-state index contributed by atoms with van der Waals surface area (Å²) in [6.45, 7) is 8.37. The van der Waals surface area contributed by atoms with E-state index in [0.29, 0.717) is 28.5 Å². The van der Waals surface area contributed by atoms with Crippen molar-refractivity contribution in [2.45, 2.75) is 58.5 Å². The number of fused-ring (bicyclic) bond motifs is 1. The van der Waals surface area contributed by atoms with Gasteiger partial charge in [-0.1, -0.05) is 24.6 Å². The molecule has 0 saturated heterocycles. The van der Waals surface area contributed by atoms with Gasteiger partial charge in [0.1, 0.15) is 5.15 Å². The van der Waals surface area contributed by atoms with Gasteiger partial charge in [-0.15, -0.1) is 0 Å². The summed E-state index contributed by atoms with van der Waals surface area (Å²) in [5.41, 5.74) is 1.70. The fourth-order valence-electron chi connectivity index (χ4n) is 5.00. The minimum atomic E-state index is -0.239. The highest BCUT2D eigenvalue weighted by Gasteiger charge is 2.53. The lowest BCUT2D eigenvalue weighted by atomic mass is 9.65. The predicted molar refractivity (Wildman–Crippen MR) is 95.1 cm³/mol. The van der Waals surface area contributed by atoms with E-state index in [1.54, 1.807) is 10.9 Å². The second-order valence-electron chi connectivity index (χ2n) is 8.87. The van der Waals surface area contributed by atoms with Crippen molar-refractivity contribution < 1.29 is 4.79 Å². The molecule has 2 bridgehead atoms. The maximum absolute atomic E-state index is 12.8. The van der Waals surface area contributed by atoms with Crippen molar-refractivity contribution >= 4 is 17.5 Å². The van der Waals surface area contributed by atoms with Gasteiger partial charge in [0.15, 0.2) is 0 Å². The number of carbonyl (C=O) groups is 1. The van der Waals surface area contributed by atoms with Gasteiger partial charge < -0.3 is 5.32 Å². The van der Waals surface area contributed by atoms with Crippen LogP contribution in [0.25, 0.3) is 0 Å². The molecule has 130 valence electrons. The summed E-state index contributed by atoms with van der Waals surface area (Å²) in [6.07, 6.45) is 7.88. The molecule has 2 fully saturated rings. The molecule has 24 heavy (non-hydrogen) atoms. The summed E-state index contributed by atoms with van der Waals surface area (Å²) in [5, 5.41) is 7.97. The molecule has 1 amide bonds. The Bertz CT molecular complexity index is 715. The molecular weight excluding hydrogens is 322 g/mol. The van der Waals surface area contributed by atoms with Crippen molar-refractivity contribution in [1.82, 2.24) is 15.1 Å². The Labute approximate surface area is 148 Å². The first kappa shape index (κ1) is 16.2. The van der Waals surface area contributed by atoms with Gasteiger partial charge in [-0.25, -0.2) is 4.68 Å². The van der Waals surface area contributed by atoms with Gasteiger partial charge in [0.25, 0.3) is 5.91 Å². The third-order valence-electron chi connectivity index (χ3n) is 5.98. The zero-order chi connectivity index (χ0) is 17.2. The van der Waals surface area contributed by atoms with Crippen molar-refractivity contribution in [3.05, 3.63) is 28.6 Å². The predicted octanol–water partition coefficient (Wildman–Crippen LogP) is 4.01. The van der Waals surface area contributed by atoms with Gasteiger partial charge in [-0.05, 0) is 69.3 Å². The van der Waals surface area contributed by atoms with Gasteiger partial charge >= 0.3 is 0 Å². The number of hydrogen-bond donors (Lipinski definition) is 1. The maximum Gasteiger partial charge on any atom is 0.256 e. The van der Waals surface area contributed by atoms with Gasteiger partial charge in [0.05, 0.1) is 23.3 Å². The van der Waals surface area contributed by atoms with Crippen LogP contribution in [-0.2, 0) is 5.54 Å². The van der Waals surface area contributed by atoms with Crippen LogP contribution in [0.3, 0.4) is 0 Å². The second kappa shape index (κ2) is 5.35. The molecule has 5 unspecified atom stereocenters. The van der Waals surface area contributed by atoms with E-state index < -0.39 is 0 Å². The average Bonchev–Trinajstić information content (AvgIpc) is 2.98. The van der Waals surface area contributed by atoms with E-state index in [0.717, 1.165) is 5.92 Å². The molecule has 0 radical (unpaired) electrons. The van der Waals surface area contributed by atoms with Crippen LogP contribution >= 0.6 is 11.6 Å². The summed E-state index contributed by atoms with van der Waals surface area (Å²) in [7, 11) is 0. The monoisotopic (exact) mass is 347 g/mol. The highest BCUT2D eigenvalue weighted by Crippen LogP contribution is 2.57. The zero-order valence-corrected chi connectivity index (χ0v) is 15.6. The average molecular weight is 348 g/mol. The Balaban J connectivity index is 1.55. The first-order valence-corrected chi connectivity index (χ1v) is 9.40. The molecule has 0 spiro atoms. The Morgan fingerprint density at radius 3 is 2.75 bits per heavy atom. The number of halogens is 1. The van der Waals surface area contributed by atoms with Gasteiger partial charge in [-0.3, -0.25) is 4.79 Å². The summed E-state index contributed by atoms with van der Waals surface area (Å²) in [5.74, 6) is 2.69. The molecule has 1 N–H and O–H groups in total. The minimum absolute atomic E-state index is 0.0958. The largest absolute Gasteiger partial charge is 0.345 e. The van der Waals surface area contributed by atoms with Crippen LogP contribution in [0.15, 0.2) is 17.8 Å². The molecule has 3 aliphatic carbocycles. The summed E-state index contributed by atoms with van der Waals surface area (Å²) in [6, 6.07) is 0.198. The van der Waals surface area contributed by atoms with Crippen LogP contribution in [0.1, 0.15) is 57.3 Å². The molecule has 2 saturated carbocycles. The molecular formula is C19H26ClN3O. The summed E-state index contributed by atoms with van der Waals surface area (Å²) in [4.78, 5) is 12.8. The molecule has 5 atom stereocenters. The quantitative estimate of drug-likeness (QED) is 0.821. The Hall–Kier alpha value is -1.29. The van der Waals surface area contributed by atoms with E-state index in [4.69, 9.17) is 11.6 Å². The van der Waals surface area contributed by atoms with Gasteiger partial charge in [0.2, 0.25) is 0 Å². The Morgan fingerprint density at radius 1 is 1.33 bits per heavy atom. The number of nitrogens with one attached hydrogen (secondary N) is 1. The molecule has 4 rings (SSSR count). The number of aromatic nitrogens is 2. The summed E-state index contributed by atoms with van der Waals surface area (Å²) >= 11 is 6.41. The van der Waals surface area contributed by atoms with Crippen molar-refractivity contribution in [3.63, 3.8) is 0 Å². The smallest absolute Gasteiger partial charge is 0.256 e. The molecule has 1 aromatic heterocycles. The second-order valence-corrected chi connectivity index (χ2v) is 9.23. The molecule has 0 aliphatic heterocycles. The third-order valence-corrected chi connectivity index (χ3v) is 6.35. The number of carbonyl (C=O) groups excluding carboxylic acids is 1. The van der Waals surface area contributed by atoms with Crippen LogP contribution in [-0.4, -0.2) is 21.7 Å². The topological polar surface area (TPSA) is 46.9 Å². The van der Waals surface area contributed by atoms with Crippen molar-refractivity contribution in [2.24, 2.45) is 23.7 Å². The normalized spacial score (nSPS) is 34.4. The number of amides is 1. The Kier molecular flexibility index (Phi) is 3.61. The highest BCUT2D eigenvalue weighted by atomic mass is 35.5. The number of hydrogen-bond acceptors (Lipinski definition) is 2. The Morgan fingerprint density at radius 2 is 2.08 bits per heavy atom. The lowest BCUT2D eigenvalue weighted by Gasteiger charge is -2.45. The van der Waals surface area contributed by atoms with Crippen LogP contribution in [0.2, 0.25) is 5.15 Å². The van der Waals surface area contributed by atoms with Crippen molar-refractivity contribution in [1.29, 1.82) is 0 Å². The first-order chi connectivity index (χ1) is 11.3. The molecule has 5 heteroatoms. The van der Waals surface area contributed by atoms with Gasteiger partial charge in [-0.2, -0.15) is 5.10 Å². The molecule has 0 aromatic carbocycles. The molecule has 1 aromatic rings. The standard InChI is InChI=1S/C19H26ClN3O/c1-10-5-11-7-12-13(6-10)16(14(12)8-11)22-18(24)15-9-21-23(17(15)20)19(2,3)4/h6,9-12,14,16H,5,7-8H2,1-4H3,(H,22,24). The first-order valence-electron chi connectivity index (χ1n) is 9.02. The number of allylic oxidation sites excluding steroid dienone is 1. The fraction of sp³-hybridized carbons (Fsp3) is 0.684. The van der Waals surface area contributed by atoms with E-state index in [9.17, 15) is 4.79 Å². The lowest BCUT2D eigenvalue weighted by molar-refractivity contribution is 0.0894. The van der Waals surface area contributed by atoms with E-state index in [1.807, 2.05) is 20.8 Å². The van der Waals surface area contributed by atoms with Gasteiger partial charge in [0, 0.05) is 0 Å². The van der Waals surface area contributed by atoms with E-state index in [1.165, 1.54) is 24.8 Å². The SMILES string of the molecule is CC1C=C2C3CC(C1)CC3C2NC(=O)c1cnn(C(C)(C)C)c1Cl. The molecule has 1 heterocycles. The van der Waals surface area contributed by atoms with E-state index in [-0.39, 0.29) is 17.5 Å². The van der Waals surface area contributed by atoms with Crippen LogP contribution in [0, 0.1) is 23.7 Å². The summed E-state index contributed by atoms with van der Waals surface area (Å²) < 4.78 is 1.71. The van der Waals surface area contributed by atoms with Crippen LogP contribution in [0.4, 0.5) is 0 Å². The number of rotatable bonds is 2. The van der Waals surface area contributed by atoms with Crippen LogP contribution < -0.4 is 5.32 Å². The highest BCUT2D eigenvalue weighted by molar-refractivity contribution is 6.32. The fourth-order valence-corrected chi connectivity index (χ4v) is 5.43.